The standard InChI is InChI=1S/C17H26ClNOS/c1-4-19-16-15(6-5-11-17(16,2)3)21(20)12-13-7-9-14(18)10-8-13/h7-10,15-16,19H,4-6,11-12H2,1-3H3. The Morgan fingerprint density at radius 3 is 2.62 bits per heavy atom. The zero-order valence-corrected chi connectivity index (χ0v) is 14.8. The van der Waals surface area contributed by atoms with E-state index in [0.29, 0.717) is 11.8 Å². The van der Waals surface area contributed by atoms with Gasteiger partial charge in [0.1, 0.15) is 0 Å². The zero-order chi connectivity index (χ0) is 15.5. The molecule has 1 aliphatic rings. The van der Waals surface area contributed by atoms with E-state index in [1.54, 1.807) is 0 Å². The van der Waals surface area contributed by atoms with E-state index in [0.717, 1.165) is 23.6 Å². The first kappa shape index (κ1) is 17.0. The normalized spacial score (nSPS) is 26.5. The fourth-order valence-corrected chi connectivity index (χ4v) is 5.41. The molecule has 0 radical (unpaired) electrons. The molecule has 2 nitrogen and oxygen atoms in total. The molecule has 0 spiro atoms. The van der Waals surface area contributed by atoms with Crippen molar-refractivity contribution in [3.63, 3.8) is 0 Å². The minimum Gasteiger partial charge on any atom is -0.313 e. The topological polar surface area (TPSA) is 29.1 Å². The van der Waals surface area contributed by atoms with Gasteiger partial charge in [-0.05, 0) is 42.5 Å². The van der Waals surface area contributed by atoms with Crippen LogP contribution in [0.5, 0.6) is 0 Å². The van der Waals surface area contributed by atoms with Gasteiger partial charge < -0.3 is 5.32 Å². The van der Waals surface area contributed by atoms with Gasteiger partial charge in [-0.3, -0.25) is 4.21 Å². The van der Waals surface area contributed by atoms with Crippen molar-refractivity contribution in [2.75, 3.05) is 6.54 Å². The predicted octanol–water partition coefficient (Wildman–Crippen LogP) is 4.15. The molecule has 1 saturated carbocycles. The Labute approximate surface area is 136 Å². The van der Waals surface area contributed by atoms with Crippen LogP contribution in [0.15, 0.2) is 24.3 Å². The molecule has 4 heteroatoms. The van der Waals surface area contributed by atoms with E-state index in [-0.39, 0.29) is 10.7 Å². The van der Waals surface area contributed by atoms with Gasteiger partial charge in [-0.25, -0.2) is 0 Å². The summed E-state index contributed by atoms with van der Waals surface area (Å²) < 4.78 is 12.9. The molecule has 21 heavy (non-hydrogen) atoms. The lowest BCUT2D eigenvalue weighted by atomic mass is 9.73. The van der Waals surface area contributed by atoms with E-state index in [9.17, 15) is 4.21 Å². The first-order chi connectivity index (χ1) is 9.94. The van der Waals surface area contributed by atoms with E-state index >= 15 is 0 Å². The Kier molecular flexibility index (Phi) is 5.87. The van der Waals surface area contributed by atoms with E-state index in [1.807, 2.05) is 24.3 Å². The van der Waals surface area contributed by atoms with Crippen molar-refractivity contribution in [3.8, 4) is 0 Å². The number of hydrogen-bond acceptors (Lipinski definition) is 2. The molecule has 0 bridgehead atoms. The number of halogens is 1. The van der Waals surface area contributed by atoms with Gasteiger partial charge in [0.05, 0.1) is 5.25 Å². The van der Waals surface area contributed by atoms with Crippen LogP contribution in [0.25, 0.3) is 0 Å². The van der Waals surface area contributed by atoms with Crippen LogP contribution in [0, 0.1) is 5.41 Å². The lowest BCUT2D eigenvalue weighted by Gasteiger charge is -2.44. The van der Waals surface area contributed by atoms with E-state index in [2.05, 4.69) is 26.1 Å². The highest BCUT2D eigenvalue weighted by Crippen LogP contribution is 2.38. The second kappa shape index (κ2) is 7.26. The average molecular weight is 328 g/mol. The third kappa shape index (κ3) is 4.30. The largest absolute Gasteiger partial charge is 0.313 e. The Bertz CT molecular complexity index is 486. The van der Waals surface area contributed by atoms with Crippen LogP contribution < -0.4 is 5.32 Å². The van der Waals surface area contributed by atoms with Gasteiger partial charge in [0.25, 0.3) is 0 Å². The minimum atomic E-state index is -0.848. The second-order valence-corrected chi connectivity index (χ2v) is 8.70. The first-order valence-corrected chi connectivity index (χ1v) is 9.55. The van der Waals surface area contributed by atoms with E-state index in [1.165, 1.54) is 12.8 Å². The molecule has 1 aromatic carbocycles. The molecule has 1 fully saturated rings. The van der Waals surface area contributed by atoms with Crippen LogP contribution in [0.3, 0.4) is 0 Å². The molecule has 1 N–H and O–H groups in total. The van der Waals surface area contributed by atoms with Crippen molar-refractivity contribution >= 4 is 22.4 Å². The maximum absolute atomic E-state index is 12.9. The molecule has 2 rings (SSSR count). The van der Waals surface area contributed by atoms with Crippen LogP contribution in [0.1, 0.15) is 45.6 Å². The van der Waals surface area contributed by atoms with Gasteiger partial charge in [0, 0.05) is 27.6 Å². The molecule has 0 saturated heterocycles. The minimum absolute atomic E-state index is 0.217. The van der Waals surface area contributed by atoms with Crippen LogP contribution in [0.2, 0.25) is 5.02 Å². The molecule has 118 valence electrons. The number of nitrogens with one attached hydrogen (secondary N) is 1. The van der Waals surface area contributed by atoms with Crippen molar-refractivity contribution in [3.05, 3.63) is 34.9 Å². The second-order valence-electron chi connectivity index (χ2n) is 6.61. The van der Waals surface area contributed by atoms with Crippen molar-refractivity contribution in [1.29, 1.82) is 0 Å². The molecule has 0 heterocycles. The highest BCUT2D eigenvalue weighted by Gasteiger charge is 2.40. The smallest absolute Gasteiger partial charge is 0.0509 e. The lowest BCUT2D eigenvalue weighted by molar-refractivity contribution is 0.174. The van der Waals surface area contributed by atoms with E-state index < -0.39 is 10.8 Å². The van der Waals surface area contributed by atoms with Gasteiger partial charge in [-0.2, -0.15) is 0 Å². The summed E-state index contributed by atoms with van der Waals surface area (Å²) >= 11 is 5.91. The van der Waals surface area contributed by atoms with Gasteiger partial charge >= 0.3 is 0 Å². The zero-order valence-electron chi connectivity index (χ0n) is 13.2. The highest BCUT2D eigenvalue weighted by molar-refractivity contribution is 7.84. The Balaban J connectivity index is 2.10. The summed E-state index contributed by atoms with van der Waals surface area (Å²) in [6.45, 7) is 7.66. The summed E-state index contributed by atoms with van der Waals surface area (Å²) in [5, 5.41) is 4.56. The van der Waals surface area contributed by atoms with Crippen molar-refractivity contribution in [1.82, 2.24) is 5.32 Å². The van der Waals surface area contributed by atoms with Crippen molar-refractivity contribution in [2.24, 2.45) is 5.41 Å². The quantitative estimate of drug-likeness (QED) is 0.880. The SMILES string of the molecule is CCNC1C(S(=O)Cc2ccc(Cl)cc2)CCCC1(C)C. The molecule has 1 aliphatic carbocycles. The van der Waals surface area contributed by atoms with Crippen molar-refractivity contribution < 1.29 is 4.21 Å². The molecular weight excluding hydrogens is 302 g/mol. The summed E-state index contributed by atoms with van der Waals surface area (Å²) in [6.07, 6.45) is 3.44. The van der Waals surface area contributed by atoms with E-state index in [4.69, 9.17) is 11.6 Å². The highest BCUT2D eigenvalue weighted by atomic mass is 35.5. The van der Waals surface area contributed by atoms with Crippen LogP contribution in [-0.2, 0) is 16.6 Å². The van der Waals surface area contributed by atoms with Crippen LogP contribution in [0.4, 0.5) is 0 Å². The molecule has 0 aromatic heterocycles. The number of rotatable bonds is 5. The monoisotopic (exact) mass is 327 g/mol. The maximum Gasteiger partial charge on any atom is 0.0509 e. The van der Waals surface area contributed by atoms with Gasteiger partial charge in [0.2, 0.25) is 0 Å². The lowest BCUT2D eigenvalue weighted by Crippen LogP contribution is -2.54. The van der Waals surface area contributed by atoms with Gasteiger partial charge in [-0.15, -0.1) is 0 Å². The summed E-state index contributed by atoms with van der Waals surface area (Å²) in [4.78, 5) is 0. The summed E-state index contributed by atoms with van der Waals surface area (Å²) in [5.41, 5.74) is 1.32. The summed E-state index contributed by atoms with van der Waals surface area (Å²) in [6, 6.07) is 8.05. The fourth-order valence-electron chi connectivity index (χ4n) is 3.35. The maximum atomic E-state index is 12.9. The molecule has 0 aliphatic heterocycles. The molecule has 3 unspecified atom stereocenters. The van der Waals surface area contributed by atoms with Crippen LogP contribution >= 0.6 is 11.6 Å². The average Bonchev–Trinajstić information content (AvgIpc) is 2.43. The Hall–Kier alpha value is -0.380. The molecule has 3 atom stereocenters. The third-order valence-corrected chi connectivity index (χ3v) is 6.56. The molecule has 1 aromatic rings. The predicted molar refractivity (Wildman–Crippen MR) is 92.2 cm³/mol. The Morgan fingerprint density at radius 1 is 1.33 bits per heavy atom. The summed E-state index contributed by atoms with van der Waals surface area (Å²) in [5.74, 6) is 0.625. The Morgan fingerprint density at radius 2 is 2.00 bits per heavy atom. The fraction of sp³-hybridized carbons (Fsp3) is 0.647. The van der Waals surface area contributed by atoms with Crippen molar-refractivity contribution in [2.45, 2.75) is 57.1 Å². The number of hydrogen-bond donors (Lipinski definition) is 1. The van der Waals surface area contributed by atoms with Gasteiger partial charge in [0.15, 0.2) is 0 Å². The third-order valence-electron chi connectivity index (χ3n) is 4.51. The van der Waals surface area contributed by atoms with Crippen LogP contribution in [-0.4, -0.2) is 22.0 Å². The summed E-state index contributed by atoms with van der Waals surface area (Å²) in [7, 11) is -0.848. The first-order valence-electron chi connectivity index (χ1n) is 7.79. The number of benzene rings is 1. The molecule has 0 amide bonds. The molecular formula is C17H26ClNOS. The van der Waals surface area contributed by atoms with Gasteiger partial charge in [-0.1, -0.05) is 50.9 Å².